The van der Waals surface area contributed by atoms with E-state index in [1.807, 2.05) is 63.2 Å². The molecule has 1 unspecified atom stereocenters. The fourth-order valence-corrected chi connectivity index (χ4v) is 5.77. The normalized spacial score (nSPS) is 12.4. The first-order valence-corrected chi connectivity index (χ1v) is 15.2. The maximum atomic E-state index is 13.5. The van der Waals surface area contributed by atoms with Gasteiger partial charge in [-0.2, -0.15) is 0 Å². The number of carboxylic acids is 1. The van der Waals surface area contributed by atoms with Crippen molar-refractivity contribution in [2.75, 3.05) is 4.72 Å². The first-order valence-electron chi connectivity index (χ1n) is 12.9. The van der Waals surface area contributed by atoms with E-state index in [0.717, 1.165) is 16.7 Å². The smallest absolute Gasteiger partial charge is 0.305 e. The predicted octanol–water partition coefficient (Wildman–Crippen LogP) is 7.16. The van der Waals surface area contributed by atoms with Crippen LogP contribution >= 0.6 is 15.9 Å². The van der Waals surface area contributed by atoms with Gasteiger partial charge in [0.25, 0.3) is 15.9 Å². The lowest BCUT2D eigenvalue weighted by atomic mass is 9.87. The molecule has 4 rings (SSSR count). The van der Waals surface area contributed by atoms with Crippen molar-refractivity contribution in [3.05, 3.63) is 118 Å². The fraction of sp³-hybridized carbons (Fsp3) is 0.188. The van der Waals surface area contributed by atoms with Crippen molar-refractivity contribution >= 4 is 43.5 Å². The first kappa shape index (κ1) is 30.0. The van der Waals surface area contributed by atoms with Crippen LogP contribution in [0.2, 0.25) is 0 Å². The number of hydrogen-bond acceptors (Lipinski definition) is 4. The molecule has 41 heavy (non-hydrogen) atoms. The molecule has 212 valence electrons. The Morgan fingerprint density at radius 3 is 2.05 bits per heavy atom. The Labute approximate surface area is 248 Å². The quantitative estimate of drug-likeness (QED) is 0.181. The number of nitrogens with one attached hydrogen (secondary N) is 2. The van der Waals surface area contributed by atoms with Crippen molar-refractivity contribution in [2.24, 2.45) is 0 Å². The summed E-state index contributed by atoms with van der Waals surface area (Å²) in [5.41, 5.74) is 3.54. The maximum Gasteiger partial charge on any atom is 0.305 e. The van der Waals surface area contributed by atoms with E-state index in [-0.39, 0.29) is 28.0 Å². The van der Waals surface area contributed by atoms with Crippen molar-refractivity contribution in [3.63, 3.8) is 0 Å². The molecule has 4 aromatic rings. The van der Waals surface area contributed by atoms with Crippen molar-refractivity contribution in [1.29, 1.82) is 0 Å². The Kier molecular flexibility index (Phi) is 8.99. The number of benzene rings is 4. The molecule has 0 spiro atoms. The van der Waals surface area contributed by atoms with E-state index in [4.69, 9.17) is 0 Å². The van der Waals surface area contributed by atoms with Gasteiger partial charge in [-0.05, 0) is 58.0 Å². The van der Waals surface area contributed by atoms with Crippen LogP contribution < -0.4 is 10.0 Å². The summed E-state index contributed by atoms with van der Waals surface area (Å²) < 4.78 is 29.5. The molecule has 0 aliphatic heterocycles. The summed E-state index contributed by atoms with van der Waals surface area (Å²) in [6.45, 7) is 6.12. The van der Waals surface area contributed by atoms with Crippen LogP contribution in [0.4, 0.5) is 5.69 Å². The van der Waals surface area contributed by atoms with Gasteiger partial charge >= 0.3 is 5.97 Å². The van der Waals surface area contributed by atoms with Crippen molar-refractivity contribution in [2.45, 2.75) is 43.5 Å². The summed E-state index contributed by atoms with van der Waals surface area (Å²) in [5.74, 6) is -1.71. The number of halogens is 1. The van der Waals surface area contributed by atoms with Crippen LogP contribution in [0.1, 0.15) is 54.7 Å². The summed E-state index contributed by atoms with van der Waals surface area (Å²) in [5, 5.41) is 12.3. The van der Waals surface area contributed by atoms with E-state index in [9.17, 15) is 23.1 Å². The molecule has 9 heteroatoms. The monoisotopic (exact) mass is 634 g/mol. The van der Waals surface area contributed by atoms with Gasteiger partial charge < -0.3 is 10.4 Å². The lowest BCUT2D eigenvalue weighted by Crippen LogP contribution is -2.31. The number of aliphatic carboxylic acids is 1. The van der Waals surface area contributed by atoms with Gasteiger partial charge in [0, 0.05) is 4.47 Å². The molecule has 7 nitrogen and oxygen atoms in total. The molecular formula is C32H31BrN2O5S. The van der Waals surface area contributed by atoms with Gasteiger partial charge in [-0.25, -0.2) is 8.42 Å². The SMILES string of the molecule is CC(C)(C)c1ccc(S(=O)(=O)Nc2ccc(Br)cc2C(=O)NC(CC(=O)O)c2ccc(-c3ccccc3)cc2)cc1. The Morgan fingerprint density at radius 1 is 0.854 bits per heavy atom. The van der Waals surface area contributed by atoms with Gasteiger partial charge in [0.05, 0.1) is 28.6 Å². The van der Waals surface area contributed by atoms with Crippen LogP contribution in [-0.2, 0) is 20.2 Å². The number of hydrogen-bond donors (Lipinski definition) is 3. The number of rotatable bonds is 9. The van der Waals surface area contributed by atoms with Gasteiger partial charge in [0.15, 0.2) is 0 Å². The van der Waals surface area contributed by atoms with Crippen LogP contribution in [-0.4, -0.2) is 25.4 Å². The number of anilines is 1. The lowest BCUT2D eigenvalue weighted by Gasteiger charge is -2.20. The maximum absolute atomic E-state index is 13.5. The number of carbonyl (C=O) groups is 2. The third-order valence-corrected chi connectivity index (χ3v) is 8.48. The third-order valence-electron chi connectivity index (χ3n) is 6.61. The molecule has 0 saturated heterocycles. The van der Waals surface area contributed by atoms with Gasteiger partial charge in [-0.1, -0.05) is 103 Å². The van der Waals surface area contributed by atoms with E-state index in [1.165, 1.54) is 24.3 Å². The molecule has 0 aliphatic carbocycles. The zero-order chi connectivity index (χ0) is 29.8. The van der Waals surface area contributed by atoms with Gasteiger partial charge in [0.2, 0.25) is 0 Å². The number of amides is 1. The van der Waals surface area contributed by atoms with E-state index < -0.39 is 27.9 Å². The molecule has 1 atom stereocenters. The fourth-order valence-electron chi connectivity index (χ4n) is 4.33. The summed E-state index contributed by atoms with van der Waals surface area (Å²) in [6.07, 6.45) is -0.356. The second-order valence-corrected chi connectivity index (χ2v) is 13.3. The van der Waals surface area contributed by atoms with E-state index >= 15 is 0 Å². The van der Waals surface area contributed by atoms with Crippen LogP contribution in [0.25, 0.3) is 11.1 Å². The van der Waals surface area contributed by atoms with Crippen molar-refractivity contribution in [3.8, 4) is 11.1 Å². The number of carbonyl (C=O) groups excluding carboxylic acids is 1. The zero-order valence-electron chi connectivity index (χ0n) is 22.9. The molecule has 0 saturated carbocycles. The molecule has 4 aromatic carbocycles. The standard InChI is InChI=1S/C32H31BrN2O5S/c1-32(2,3)24-13-16-26(17-14-24)41(39,40)35-28-18-15-25(33)19-27(28)31(38)34-29(20-30(36)37)23-11-9-22(10-12-23)21-7-5-4-6-8-21/h4-19,29,35H,20H2,1-3H3,(H,34,38)(H,36,37). The molecule has 3 N–H and O–H groups in total. The Bertz CT molecular complexity index is 1650. The highest BCUT2D eigenvalue weighted by atomic mass is 79.9. The highest BCUT2D eigenvalue weighted by molar-refractivity contribution is 9.10. The Balaban J connectivity index is 1.60. The highest BCUT2D eigenvalue weighted by Crippen LogP contribution is 2.28. The molecule has 0 aromatic heterocycles. The zero-order valence-corrected chi connectivity index (χ0v) is 25.3. The summed E-state index contributed by atoms with van der Waals surface area (Å²) in [7, 11) is -4.01. The molecule has 0 heterocycles. The van der Waals surface area contributed by atoms with E-state index in [1.54, 1.807) is 30.3 Å². The Morgan fingerprint density at radius 2 is 1.46 bits per heavy atom. The minimum Gasteiger partial charge on any atom is -0.481 e. The molecular weight excluding hydrogens is 604 g/mol. The highest BCUT2D eigenvalue weighted by Gasteiger charge is 2.24. The summed E-state index contributed by atoms with van der Waals surface area (Å²) in [6, 6.07) is 27.4. The molecule has 0 bridgehead atoms. The molecule has 0 radical (unpaired) electrons. The van der Waals surface area contributed by atoms with Gasteiger partial charge in [0.1, 0.15) is 0 Å². The van der Waals surface area contributed by atoms with Crippen LogP contribution in [0.15, 0.2) is 106 Å². The van der Waals surface area contributed by atoms with Gasteiger partial charge in [-0.15, -0.1) is 0 Å². The summed E-state index contributed by atoms with van der Waals surface area (Å²) >= 11 is 3.35. The average Bonchev–Trinajstić information content (AvgIpc) is 2.93. The number of sulfonamides is 1. The van der Waals surface area contributed by atoms with Crippen LogP contribution in [0.5, 0.6) is 0 Å². The average molecular weight is 636 g/mol. The lowest BCUT2D eigenvalue weighted by molar-refractivity contribution is -0.137. The Hall–Kier alpha value is -3.95. The van der Waals surface area contributed by atoms with Gasteiger partial charge in [-0.3, -0.25) is 14.3 Å². The minimum absolute atomic E-state index is 0.0468. The first-order chi connectivity index (χ1) is 19.3. The van der Waals surface area contributed by atoms with Crippen molar-refractivity contribution in [1.82, 2.24) is 5.32 Å². The minimum atomic E-state index is -4.01. The largest absolute Gasteiger partial charge is 0.481 e. The second-order valence-electron chi connectivity index (χ2n) is 10.7. The van der Waals surface area contributed by atoms with E-state index in [2.05, 4.69) is 26.0 Å². The molecule has 0 fully saturated rings. The second kappa shape index (κ2) is 12.3. The topological polar surface area (TPSA) is 113 Å². The predicted molar refractivity (Wildman–Crippen MR) is 164 cm³/mol. The van der Waals surface area contributed by atoms with Crippen LogP contribution in [0.3, 0.4) is 0 Å². The molecule has 0 aliphatic rings. The van der Waals surface area contributed by atoms with Crippen LogP contribution in [0, 0.1) is 0 Å². The molecule has 1 amide bonds. The summed E-state index contributed by atoms with van der Waals surface area (Å²) in [4.78, 5) is 25.2. The van der Waals surface area contributed by atoms with Crippen molar-refractivity contribution < 1.29 is 23.1 Å². The number of carboxylic acid groups (broad SMARTS) is 1. The third kappa shape index (κ3) is 7.62. The van der Waals surface area contributed by atoms with E-state index in [0.29, 0.717) is 10.0 Å².